The van der Waals surface area contributed by atoms with Crippen molar-refractivity contribution in [2.75, 3.05) is 25.0 Å². The quantitative estimate of drug-likeness (QED) is 0.394. The number of H-pyrrole nitrogens is 1. The first kappa shape index (κ1) is 21.0. The molecule has 2 amide bonds. The van der Waals surface area contributed by atoms with Crippen LogP contribution in [0, 0.1) is 0 Å². The molecule has 0 aliphatic carbocycles. The van der Waals surface area contributed by atoms with Crippen molar-refractivity contribution in [1.82, 2.24) is 25.6 Å². The molecule has 0 saturated carbocycles. The van der Waals surface area contributed by atoms with Gasteiger partial charge in [-0.2, -0.15) is 0 Å². The van der Waals surface area contributed by atoms with Crippen molar-refractivity contribution < 1.29 is 9.59 Å². The van der Waals surface area contributed by atoms with Gasteiger partial charge in [-0.3, -0.25) is 14.9 Å². The summed E-state index contributed by atoms with van der Waals surface area (Å²) in [6.07, 6.45) is 3.71. The van der Waals surface area contributed by atoms with Gasteiger partial charge in [0.25, 0.3) is 11.8 Å². The maximum atomic E-state index is 13.1. The minimum absolute atomic E-state index is 0.0871. The summed E-state index contributed by atoms with van der Waals surface area (Å²) in [6.45, 7) is 3.84. The SMILES string of the molecule is CNC1(C)CCN(c2nc(C3=C(c4c[nH]c5sccc45)C(=O)NC3=O)c3ccccc3n2)CC1. The zero-order chi connectivity index (χ0) is 23.4. The summed E-state index contributed by atoms with van der Waals surface area (Å²) < 4.78 is 0. The maximum Gasteiger partial charge on any atom is 0.261 e. The number of rotatable bonds is 4. The normalized spacial score (nSPS) is 18.4. The smallest absolute Gasteiger partial charge is 0.261 e. The average Bonchev–Trinajstić information content (AvgIpc) is 3.53. The molecule has 9 heteroatoms. The Balaban J connectivity index is 1.55. The van der Waals surface area contributed by atoms with Gasteiger partial charge in [0.15, 0.2) is 0 Å². The number of nitrogens with one attached hydrogen (secondary N) is 3. The highest BCUT2D eigenvalue weighted by atomic mass is 32.1. The summed E-state index contributed by atoms with van der Waals surface area (Å²) in [7, 11) is 2.00. The third-order valence-electron chi connectivity index (χ3n) is 7.09. The first-order chi connectivity index (χ1) is 16.5. The third kappa shape index (κ3) is 3.23. The van der Waals surface area contributed by atoms with Gasteiger partial charge in [0.05, 0.1) is 22.4 Å². The lowest BCUT2D eigenvalue weighted by Crippen LogP contribution is -2.50. The molecular formula is C25H24N6O2S. The summed E-state index contributed by atoms with van der Waals surface area (Å²) in [6, 6.07) is 9.61. The van der Waals surface area contributed by atoms with E-state index in [1.807, 2.05) is 42.8 Å². The second-order valence-electron chi connectivity index (χ2n) is 9.09. The lowest BCUT2D eigenvalue weighted by molar-refractivity contribution is -0.122. The van der Waals surface area contributed by atoms with Crippen molar-refractivity contribution in [2.24, 2.45) is 0 Å². The lowest BCUT2D eigenvalue weighted by Gasteiger charge is -2.39. The van der Waals surface area contributed by atoms with Crippen LogP contribution >= 0.6 is 11.3 Å². The number of hydrogen-bond acceptors (Lipinski definition) is 7. The molecule has 172 valence electrons. The Kier molecular flexibility index (Phi) is 4.79. The van der Waals surface area contributed by atoms with Gasteiger partial charge >= 0.3 is 0 Å². The molecule has 0 spiro atoms. The van der Waals surface area contributed by atoms with E-state index in [0.717, 1.165) is 47.1 Å². The highest BCUT2D eigenvalue weighted by molar-refractivity contribution is 7.16. The average molecular weight is 473 g/mol. The molecule has 0 bridgehead atoms. The van der Waals surface area contributed by atoms with Crippen LogP contribution in [0.5, 0.6) is 0 Å². The number of nitrogens with zero attached hydrogens (tertiary/aromatic N) is 3. The van der Waals surface area contributed by atoms with E-state index in [1.54, 1.807) is 17.5 Å². The van der Waals surface area contributed by atoms with Crippen molar-refractivity contribution in [3.8, 4) is 0 Å². The van der Waals surface area contributed by atoms with Gasteiger partial charge in [-0.1, -0.05) is 18.2 Å². The van der Waals surface area contributed by atoms with Crippen molar-refractivity contribution in [1.29, 1.82) is 0 Å². The summed E-state index contributed by atoms with van der Waals surface area (Å²) in [4.78, 5) is 42.2. The number of amides is 2. The minimum Gasteiger partial charge on any atom is -0.352 e. The molecule has 1 aromatic carbocycles. The number of anilines is 1. The molecule has 3 aromatic heterocycles. The fourth-order valence-electron chi connectivity index (χ4n) is 4.84. The number of carbonyl (C=O) groups excluding carboxylic acids is 2. The summed E-state index contributed by atoms with van der Waals surface area (Å²) in [5, 5.41) is 9.55. The van der Waals surface area contributed by atoms with E-state index in [1.165, 1.54) is 0 Å². The lowest BCUT2D eigenvalue weighted by atomic mass is 9.90. The van der Waals surface area contributed by atoms with Crippen molar-refractivity contribution in [2.45, 2.75) is 25.3 Å². The molecule has 2 aliphatic heterocycles. The standard InChI is InChI=1S/C25H24N6O2S/c1-25(26-2)8-10-31(11-9-25)24-28-17-6-4-3-5-15(17)20(29-24)19-18(21(32)30-22(19)33)16-13-27-23-14(16)7-12-34-23/h3-7,12-13,26-27H,8-11H2,1-2H3,(H,30,32,33). The number of aromatic nitrogens is 3. The number of imide groups is 1. The number of aromatic amines is 1. The molecule has 34 heavy (non-hydrogen) atoms. The highest BCUT2D eigenvalue weighted by Crippen LogP contribution is 2.38. The van der Waals surface area contributed by atoms with Gasteiger partial charge in [0.2, 0.25) is 5.95 Å². The van der Waals surface area contributed by atoms with Crippen molar-refractivity contribution in [3.63, 3.8) is 0 Å². The maximum absolute atomic E-state index is 13.1. The Hall–Kier alpha value is -3.56. The zero-order valence-corrected chi connectivity index (χ0v) is 19.8. The van der Waals surface area contributed by atoms with E-state index >= 15 is 0 Å². The molecule has 0 unspecified atom stereocenters. The van der Waals surface area contributed by atoms with Crippen LogP contribution in [-0.4, -0.2) is 52.4 Å². The summed E-state index contributed by atoms with van der Waals surface area (Å²) >= 11 is 1.56. The van der Waals surface area contributed by atoms with Crippen LogP contribution in [0.4, 0.5) is 5.95 Å². The Labute approximate surface area is 200 Å². The Morgan fingerprint density at radius 2 is 1.79 bits per heavy atom. The topological polar surface area (TPSA) is 103 Å². The minimum atomic E-state index is -0.430. The molecule has 1 fully saturated rings. The number of piperidine rings is 1. The van der Waals surface area contributed by atoms with E-state index < -0.39 is 11.8 Å². The van der Waals surface area contributed by atoms with E-state index in [-0.39, 0.29) is 5.54 Å². The van der Waals surface area contributed by atoms with Crippen LogP contribution in [0.2, 0.25) is 0 Å². The molecule has 4 aromatic rings. The highest BCUT2D eigenvalue weighted by Gasteiger charge is 2.36. The molecule has 1 saturated heterocycles. The molecular weight excluding hydrogens is 448 g/mol. The molecule has 0 radical (unpaired) electrons. The van der Waals surface area contributed by atoms with Gasteiger partial charge < -0.3 is 15.2 Å². The van der Waals surface area contributed by atoms with E-state index in [4.69, 9.17) is 9.97 Å². The third-order valence-corrected chi connectivity index (χ3v) is 7.93. The van der Waals surface area contributed by atoms with Gasteiger partial charge in [-0.25, -0.2) is 9.97 Å². The van der Waals surface area contributed by atoms with Crippen LogP contribution in [0.1, 0.15) is 31.0 Å². The van der Waals surface area contributed by atoms with Gasteiger partial charge in [0, 0.05) is 41.2 Å². The van der Waals surface area contributed by atoms with Gasteiger partial charge in [-0.05, 0) is 44.3 Å². The van der Waals surface area contributed by atoms with Crippen LogP contribution < -0.4 is 15.5 Å². The number of fused-ring (bicyclic) bond motifs is 2. The molecule has 2 aliphatic rings. The molecule has 6 rings (SSSR count). The summed E-state index contributed by atoms with van der Waals surface area (Å²) in [5.41, 5.74) is 2.69. The van der Waals surface area contributed by atoms with Crippen molar-refractivity contribution >= 4 is 61.4 Å². The largest absolute Gasteiger partial charge is 0.352 e. The van der Waals surface area contributed by atoms with E-state index in [2.05, 4.69) is 27.4 Å². The first-order valence-corrected chi connectivity index (χ1v) is 12.2. The number of thiophene rings is 1. The Morgan fingerprint density at radius 1 is 1.03 bits per heavy atom. The predicted molar refractivity (Wildman–Crippen MR) is 135 cm³/mol. The van der Waals surface area contributed by atoms with Crippen molar-refractivity contribution in [3.05, 3.63) is 53.2 Å². The number of carbonyl (C=O) groups is 2. The van der Waals surface area contributed by atoms with Crippen LogP contribution in [0.25, 0.3) is 32.3 Å². The van der Waals surface area contributed by atoms with Gasteiger partial charge in [0.1, 0.15) is 4.83 Å². The van der Waals surface area contributed by atoms with Gasteiger partial charge in [-0.15, -0.1) is 11.3 Å². The number of para-hydroxylation sites is 1. The van der Waals surface area contributed by atoms with E-state index in [0.29, 0.717) is 28.4 Å². The van der Waals surface area contributed by atoms with E-state index in [9.17, 15) is 9.59 Å². The molecule has 3 N–H and O–H groups in total. The Bertz CT molecular complexity index is 1490. The molecule has 5 heterocycles. The second kappa shape index (κ2) is 7.75. The van der Waals surface area contributed by atoms with Crippen LogP contribution in [-0.2, 0) is 9.59 Å². The summed E-state index contributed by atoms with van der Waals surface area (Å²) in [5.74, 6) is -0.250. The molecule has 8 nitrogen and oxygen atoms in total. The number of hydrogen-bond donors (Lipinski definition) is 3. The fourth-order valence-corrected chi connectivity index (χ4v) is 5.61. The zero-order valence-electron chi connectivity index (χ0n) is 18.9. The predicted octanol–water partition coefficient (Wildman–Crippen LogP) is 3.32. The second-order valence-corrected chi connectivity index (χ2v) is 10.0. The van der Waals surface area contributed by atoms with Crippen LogP contribution in [0.15, 0.2) is 41.9 Å². The fraction of sp³-hybridized carbons (Fsp3) is 0.280. The monoisotopic (exact) mass is 472 g/mol. The first-order valence-electron chi connectivity index (χ1n) is 11.3. The number of benzene rings is 1. The Morgan fingerprint density at radius 3 is 2.59 bits per heavy atom. The molecule has 0 atom stereocenters. The van der Waals surface area contributed by atoms with Crippen LogP contribution in [0.3, 0.4) is 0 Å².